The molecule has 1 aromatic heterocycles. The lowest BCUT2D eigenvalue weighted by molar-refractivity contribution is 0.0679. The fraction of sp³-hybridized carbons (Fsp3) is 0.172. The van der Waals surface area contributed by atoms with Crippen LogP contribution in [0, 0.1) is 0 Å². The van der Waals surface area contributed by atoms with E-state index in [1.807, 2.05) is 96.9 Å². The zero-order valence-corrected chi connectivity index (χ0v) is 22.0. The predicted molar refractivity (Wildman–Crippen MR) is 149 cm³/mol. The van der Waals surface area contributed by atoms with Gasteiger partial charge in [-0.15, -0.1) is 11.3 Å². The first-order chi connectivity index (χ1) is 17.3. The summed E-state index contributed by atoms with van der Waals surface area (Å²) in [5.41, 5.74) is 3.98. The summed E-state index contributed by atoms with van der Waals surface area (Å²) < 4.78 is 0. The molecule has 0 aliphatic rings. The Morgan fingerprint density at radius 1 is 0.944 bits per heavy atom. The van der Waals surface area contributed by atoms with Crippen LogP contribution in [-0.4, -0.2) is 30.8 Å². The van der Waals surface area contributed by atoms with Crippen molar-refractivity contribution in [1.29, 1.82) is 0 Å². The molecule has 184 valence electrons. The van der Waals surface area contributed by atoms with E-state index in [4.69, 9.17) is 11.6 Å². The van der Waals surface area contributed by atoms with E-state index in [0.717, 1.165) is 16.8 Å². The molecule has 1 atom stereocenters. The van der Waals surface area contributed by atoms with Gasteiger partial charge in [0.2, 0.25) is 0 Å². The fourth-order valence-corrected chi connectivity index (χ4v) is 4.99. The number of hydrogen-bond acceptors (Lipinski definition) is 4. The standard InChI is InChI=1S/C29H28ClN3O2S/c1-20(21-10-5-4-6-11-21)33(29(35)27-14-9-17-36-27)19-22-18-23(15-16-26(22)32(2)3)31-28(34)24-12-7-8-13-25(24)30/h4-18,20H,19H2,1-3H3,(H,31,34)/t20-/m1/s1. The summed E-state index contributed by atoms with van der Waals surface area (Å²) in [4.78, 5) is 31.1. The largest absolute Gasteiger partial charge is 0.377 e. The van der Waals surface area contributed by atoms with E-state index in [9.17, 15) is 9.59 Å². The Morgan fingerprint density at radius 2 is 1.67 bits per heavy atom. The molecule has 0 aliphatic heterocycles. The van der Waals surface area contributed by atoms with Crippen molar-refractivity contribution >= 4 is 46.1 Å². The Bertz CT molecular complexity index is 1340. The molecule has 4 rings (SSSR count). The average Bonchev–Trinajstić information content (AvgIpc) is 3.42. The number of rotatable bonds is 8. The molecule has 0 saturated heterocycles. The maximum absolute atomic E-state index is 13.6. The first-order valence-corrected chi connectivity index (χ1v) is 12.9. The number of benzene rings is 3. The molecular formula is C29H28ClN3O2S. The van der Waals surface area contributed by atoms with Gasteiger partial charge in [0.15, 0.2) is 0 Å². The Kier molecular flexibility index (Phi) is 8.08. The van der Waals surface area contributed by atoms with Gasteiger partial charge < -0.3 is 15.1 Å². The molecular weight excluding hydrogens is 490 g/mol. The highest BCUT2D eigenvalue weighted by Gasteiger charge is 2.25. The number of thiophene rings is 1. The molecule has 0 unspecified atom stereocenters. The minimum atomic E-state index is -0.284. The van der Waals surface area contributed by atoms with E-state index in [1.165, 1.54) is 11.3 Å². The number of nitrogens with zero attached hydrogens (tertiary/aromatic N) is 2. The highest BCUT2D eigenvalue weighted by atomic mass is 35.5. The van der Waals surface area contributed by atoms with Gasteiger partial charge in [-0.05, 0) is 59.8 Å². The second kappa shape index (κ2) is 11.4. The topological polar surface area (TPSA) is 52.7 Å². The molecule has 0 bridgehead atoms. The molecule has 0 fully saturated rings. The summed E-state index contributed by atoms with van der Waals surface area (Å²) in [6, 6.07) is 26.3. The third kappa shape index (κ3) is 5.78. The van der Waals surface area contributed by atoms with Gasteiger partial charge >= 0.3 is 0 Å². The molecule has 0 saturated carbocycles. The van der Waals surface area contributed by atoms with Crippen LogP contribution in [0.25, 0.3) is 0 Å². The van der Waals surface area contributed by atoms with Gasteiger partial charge in [-0.25, -0.2) is 0 Å². The van der Waals surface area contributed by atoms with Crippen LogP contribution in [-0.2, 0) is 6.54 Å². The first-order valence-electron chi connectivity index (χ1n) is 11.6. The molecule has 0 aliphatic carbocycles. The van der Waals surface area contributed by atoms with Crippen LogP contribution in [0.3, 0.4) is 0 Å². The van der Waals surface area contributed by atoms with Gasteiger partial charge in [-0.3, -0.25) is 9.59 Å². The highest BCUT2D eigenvalue weighted by Crippen LogP contribution is 2.31. The SMILES string of the molecule is C[C@H](c1ccccc1)N(Cc1cc(NC(=O)c2ccccc2Cl)ccc1N(C)C)C(=O)c1cccs1. The maximum atomic E-state index is 13.6. The number of carbonyl (C=O) groups excluding carboxylic acids is 2. The number of anilines is 2. The number of amides is 2. The summed E-state index contributed by atoms with van der Waals surface area (Å²) in [5, 5.41) is 5.26. The lowest BCUT2D eigenvalue weighted by Crippen LogP contribution is -2.33. The van der Waals surface area contributed by atoms with Crippen molar-refractivity contribution in [3.8, 4) is 0 Å². The van der Waals surface area contributed by atoms with E-state index in [0.29, 0.717) is 27.7 Å². The lowest BCUT2D eigenvalue weighted by atomic mass is 10.0. The Morgan fingerprint density at radius 3 is 2.33 bits per heavy atom. The molecule has 1 heterocycles. The van der Waals surface area contributed by atoms with Gasteiger partial charge in [-0.1, -0.05) is 60.1 Å². The smallest absolute Gasteiger partial charge is 0.264 e. The van der Waals surface area contributed by atoms with Crippen molar-refractivity contribution in [1.82, 2.24) is 4.90 Å². The second-order valence-electron chi connectivity index (χ2n) is 8.67. The normalized spacial score (nSPS) is 11.6. The van der Waals surface area contributed by atoms with Crippen molar-refractivity contribution in [2.75, 3.05) is 24.3 Å². The van der Waals surface area contributed by atoms with Gasteiger partial charge in [-0.2, -0.15) is 0 Å². The third-order valence-corrected chi connectivity index (χ3v) is 7.21. The predicted octanol–water partition coefficient (Wildman–Crippen LogP) is 7.12. The summed E-state index contributed by atoms with van der Waals surface area (Å²) in [6.45, 7) is 2.41. The molecule has 2 amide bonds. The van der Waals surface area contributed by atoms with E-state index in [1.54, 1.807) is 24.3 Å². The quantitative estimate of drug-likeness (QED) is 0.270. The molecule has 36 heavy (non-hydrogen) atoms. The van der Waals surface area contributed by atoms with Crippen LogP contribution in [0.2, 0.25) is 5.02 Å². The molecule has 0 spiro atoms. The lowest BCUT2D eigenvalue weighted by Gasteiger charge is -2.31. The summed E-state index contributed by atoms with van der Waals surface area (Å²) in [6.07, 6.45) is 0. The molecule has 3 aromatic carbocycles. The molecule has 7 heteroatoms. The van der Waals surface area contributed by atoms with Gasteiger partial charge in [0.1, 0.15) is 0 Å². The minimum absolute atomic E-state index is 0.0310. The van der Waals surface area contributed by atoms with Crippen LogP contribution >= 0.6 is 22.9 Å². The molecule has 0 radical (unpaired) electrons. The van der Waals surface area contributed by atoms with Crippen molar-refractivity contribution in [2.45, 2.75) is 19.5 Å². The van der Waals surface area contributed by atoms with E-state index >= 15 is 0 Å². The summed E-state index contributed by atoms with van der Waals surface area (Å²) in [5.74, 6) is -0.315. The molecule has 4 aromatic rings. The van der Waals surface area contributed by atoms with Crippen LogP contribution in [0.4, 0.5) is 11.4 Å². The van der Waals surface area contributed by atoms with E-state index in [2.05, 4.69) is 5.32 Å². The minimum Gasteiger partial charge on any atom is -0.377 e. The number of halogens is 1. The monoisotopic (exact) mass is 517 g/mol. The fourth-order valence-electron chi connectivity index (χ4n) is 4.09. The van der Waals surface area contributed by atoms with Crippen LogP contribution in [0.1, 0.15) is 44.1 Å². The van der Waals surface area contributed by atoms with Gasteiger partial charge in [0.05, 0.1) is 21.5 Å². The number of nitrogens with one attached hydrogen (secondary N) is 1. The highest BCUT2D eigenvalue weighted by molar-refractivity contribution is 7.12. The van der Waals surface area contributed by atoms with Crippen molar-refractivity contribution in [2.24, 2.45) is 0 Å². The maximum Gasteiger partial charge on any atom is 0.264 e. The third-order valence-electron chi connectivity index (χ3n) is 6.02. The van der Waals surface area contributed by atoms with Crippen molar-refractivity contribution in [3.05, 3.63) is 117 Å². The average molecular weight is 518 g/mol. The zero-order valence-electron chi connectivity index (χ0n) is 20.4. The van der Waals surface area contributed by atoms with Crippen molar-refractivity contribution in [3.63, 3.8) is 0 Å². The summed E-state index contributed by atoms with van der Waals surface area (Å²) in [7, 11) is 3.93. The van der Waals surface area contributed by atoms with E-state index in [-0.39, 0.29) is 17.9 Å². The van der Waals surface area contributed by atoms with Crippen LogP contribution < -0.4 is 10.2 Å². The number of carbonyl (C=O) groups is 2. The van der Waals surface area contributed by atoms with Crippen LogP contribution in [0.5, 0.6) is 0 Å². The Balaban J connectivity index is 1.69. The molecule has 1 N–H and O–H groups in total. The number of hydrogen-bond donors (Lipinski definition) is 1. The Hall–Kier alpha value is -3.61. The van der Waals surface area contributed by atoms with Gasteiger partial charge in [0, 0.05) is 32.0 Å². The van der Waals surface area contributed by atoms with Crippen molar-refractivity contribution < 1.29 is 9.59 Å². The van der Waals surface area contributed by atoms with Crippen LogP contribution in [0.15, 0.2) is 90.3 Å². The Labute approximate surface area is 220 Å². The summed E-state index contributed by atoms with van der Waals surface area (Å²) >= 11 is 7.65. The van der Waals surface area contributed by atoms with Gasteiger partial charge in [0.25, 0.3) is 11.8 Å². The molecule has 5 nitrogen and oxygen atoms in total. The second-order valence-corrected chi connectivity index (χ2v) is 10.0. The zero-order chi connectivity index (χ0) is 25.7. The van der Waals surface area contributed by atoms with E-state index < -0.39 is 0 Å². The first kappa shape index (κ1) is 25.5.